The van der Waals surface area contributed by atoms with E-state index in [1.165, 1.54) is 23.1 Å². The van der Waals surface area contributed by atoms with Crippen molar-refractivity contribution in [3.05, 3.63) is 99.6 Å². The first kappa shape index (κ1) is 39.5. The van der Waals surface area contributed by atoms with E-state index in [2.05, 4.69) is 5.32 Å². The minimum Gasteiger partial charge on any atom is -0.494 e. The van der Waals surface area contributed by atoms with E-state index in [4.69, 9.17) is 4.74 Å². The zero-order valence-corrected chi connectivity index (χ0v) is 31.2. The number of anilines is 3. The monoisotopic (exact) mass is 755 g/mol. The fraction of sp³-hybridized carbons (Fsp3) is 0.439. The molecule has 0 radical (unpaired) electrons. The van der Waals surface area contributed by atoms with Crippen molar-refractivity contribution < 1.29 is 39.4 Å². The van der Waals surface area contributed by atoms with E-state index in [1.54, 1.807) is 34.9 Å². The van der Waals surface area contributed by atoms with Crippen LogP contribution in [0, 0.1) is 16.0 Å². The molecule has 0 aromatic heterocycles. The van der Waals surface area contributed by atoms with Crippen LogP contribution in [0.4, 0.5) is 22.7 Å². The summed E-state index contributed by atoms with van der Waals surface area (Å²) in [4.78, 5) is 57.3. The van der Waals surface area contributed by atoms with Crippen LogP contribution in [-0.4, -0.2) is 87.9 Å². The summed E-state index contributed by atoms with van der Waals surface area (Å²) in [5, 5.41) is 46.3. The number of aliphatic hydroxyl groups excluding tert-OH is 2. The lowest BCUT2D eigenvalue weighted by molar-refractivity contribution is -0.385. The van der Waals surface area contributed by atoms with Crippen molar-refractivity contribution in [1.29, 1.82) is 0 Å². The van der Waals surface area contributed by atoms with Crippen molar-refractivity contribution in [2.75, 3.05) is 42.7 Å². The van der Waals surface area contributed by atoms with Crippen LogP contribution in [0.3, 0.4) is 0 Å². The second-order valence-electron chi connectivity index (χ2n) is 14.3. The number of benzene rings is 3. The van der Waals surface area contributed by atoms with Crippen molar-refractivity contribution >= 4 is 40.5 Å². The van der Waals surface area contributed by atoms with Gasteiger partial charge in [0.1, 0.15) is 5.75 Å². The van der Waals surface area contributed by atoms with Gasteiger partial charge in [-0.15, -0.1) is 0 Å². The molecule has 55 heavy (non-hydrogen) atoms. The number of nitrogens with one attached hydrogen (secondary N) is 1. The Morgan fingerprint density at radius 1 is 1.11 bits per heavy atom. The van der Waals surface area contributed by atoms with Gasteiger partial charge < -0.3 is 35.2 Å². The van der Waals surface area contributed by atoms with Crippen LogP contribution in [0.2, 0.25) is 0 Å². The van der Waals surface area contributed by atoms with E-state index >= 15 is 0 Å². The Morgan fingerprint density at radius 2 is 1.91 bits per heavy atom. The fourth-order valence-corrected chi connectivity index (χ4v) is 7.89. The molecule has 3 aliphatic heterocycles. The van der Waals surface area contributed by atoms with E-state index in [-0.39, 0.29) is 55.3 Å². The Bertz CT molecular complexity index is 1950. The quantitative estimate of drug-likeness (QED) is 0.0713. The molecule has 1 unspecified atom stereocenters. The van der Waals surface area contributed by atoms with Gasteiger partial charge in [-0.25, -0.2) is 0 Å². The molecule has 0 spiro atoms. The molecule has 1 saturated heterocycles. The van der Waals surface area contributed by atoms with Crippen molar-refractivity contribution in [2.45, 2.75) is 76.6 Å². The molecular formula is C41H49N5O9. The highest BCUT2D eigenvalue weighted by atomic mass is 16.6. The molecule has 0 bridgehead atoms. The number of likely N-dealkylation sites (tertiary alicyclic amines) is 1. The van der Waals surface area contributed by atoms with Gasteiger partial charge in [0.2, 0.25) is 11.8 Å². The van der Waals surface area contributed by atoms with Crippen LogP contribution >= 0.6 is 0 Å². The third-order valence-electron chi connectivity index (χ3n) is 10.8. The van der Waals surface area contributed by atoms with E-state index in [0.717, 1.165) is 18.4 Å². The molecule has 3 amide bonds. The Balaban J connectivity index is 1.29. The second-order valence-corrected chi connectivity index (χ2v) is 14.3. The highest BCUT2D eigenvalue weighted by Crippen LogP contribution is 2.47. The van der Waals surface area contributed by atoms with Gasteiger partial charge in [0.05, 0.1) is 48.1 Å². The zero-order valence-electron chi connectivity index (χ0n) is 31.2. The van der Waals surface area contributed by atoms with E-state index in [0.29, 0.717) is 67.3 Å². The number of nitrogens with zero attached hydrogens (tertiary/aromatic N) is 4. The van der Waals surface area contributed by atoms with Gasteiger partial charge in [0, 0.05) is 48.9 Å². The predicted octanol–water partition coefficient (Wildman–Crippen LogP) is 4.25. The van der Waals surface area contributed by atoms with Gasteiger partial charge in [0.25, 0.3) is 11.6 Å². The van der Waals surface area contributed by atoms with Gasteiger partial charge >= 0.3 is 0 Å². The molecular weight excluding hydrogens is 706 g/mol. The molecule has 3 heterocycles. The summed E-state index contributed by atoms with van der Waals surface area (Å²) in [5.41, 5.74) is 0.804. The highest BCUT2D eigenvalue weighted by molar-refractivity contribution is 6.08. The number of ether oxygens (including phenoxy) is 1. The van der Waals surface area contributed by atoms with E-state index in [1.807, 2.05) is 43.3 Å². The Kier molecular flexibility index (Phi) is 12.3. The van der Waals surface area contributed by atoms with Crippen molar-refractivity contribution in [3.63, 3.8) is 0 Å². The maximum absolute atomic E-state index is 14.3. The number of non-ortho nitro benzene ring substituents is 1. The Morgan fingerprint density at radius 3 is 2.65 bits per heavy atom. The number of carbonyl (C=O) groups excluding carboxylic acids is 3. The zero-order chi connectivity index (χ0) is 39.3. The number of rotatable bonds is 16. The lowest BCUT2D eigenvalue weighted by Crippen LogP contribution is -2.49. The van der Waals surface area contributed by atoms with E-state index in [9.17, 15) is 39.8 Å². The number of nitro benzene ring substituents is 1. The smallest absolute Gasteiger partial charge is 0.269 e. The normalized spacial score (nSPS) is 21.3. The minimum atomic E-state index is -2.17. The molecule has 0 saturated carbocycles. The molecule has 0 aliphatic carbocycles. The summed E-state index contributed by atoms with van der Waals surface area (Å²) in [6, 6.07) is 16.1. The average molecular weight is 756 g/mol. The van der Waals surface area contributed by atoms with Crippen LogP contribution in [0.5, 0.6) is 5.75 Å². The first-order valence-electron chi connectivity index (χ1n) is 18.9. The lowest BCUT2D eigenvalue weighted by atomic mass is 9.82. The topological polar surface area (TPSA) is 186 Å². The molecule has 4 atom stereocenters. The first-order chi connectivity index (χ1) is 26.5. The molecule has 14 nitrogen and oxygen atoms in total. The summed E-state index contributed by atoms with van der Waals surface area (Å²) < 4.78 is 5.76. The van der Waals surface area contributed by atoms with Gasteiger partial charge in [-0.1, -0.05) is 31.2 Å². The van der Waals surface area contributed by atoms with Crippen molar-refractivity contribution in [3.8, 4) is 5.75 Å². The molecule has 3 aromatic rings. The standard InChI is InChI=1S/C41H49N5O9/c1-3-55-33-15-17-36-29(22-33)23-35(42-18-4-5-20-47)39(50)45(36)30-11-7-10-28(21-30)25-44-37-16-14-31(46(53)54)24-34(37)41(52,40(44)51)27(2)9-6-13-38(49)43-19-8-12-32(43)26-48/h6-7,9-11,14-17,21-22,24,27,32,35,42,47-48,52H,3-5,8,12-13,18-20,23,25-26H2,1-2H3/b9-6+/t27-,32+,35?,41+/m1/s1. The summed E-state index contributed by atoms with van der Waals surface area (Å²) >= 11 is 0. The maximum atomic E-state index is 14.3. The van der Waals surface area contributed by atoms with Crippen LogP contribution in [0.1, 0.15) is 62.6 Å². The van der Waals surface area contributed by atoms with Gasteiger partial charge in [-0.3, -0.25) is 29.4 Å². The largest absolute Gasteiger partial charge is 0.494 e. The summed E-state index contributed by atoms with van der Waals surface area (Å²) in [6.07, 6.45) is 6.49. The van der Waals surface area contributed by atoms with E-state index < -0.39 is 28.4 Å². The molecule has 14 heteroatoms. The van der Waals surface area contributed by atoms with Crippen molar-refractivity contribution in [2.24, 2.45) is 5.92 Å². The summed E-state index contributed by atoms with van der Waals surface area (Å²) in [6.45, 7) is 5.08. The summed E-state index contributed by atoms with van der Waals surface area (Å²) in [5.74, 6) is -1.18. The molecule has 4 N–H and O–H groups in total. The lowest BCUT2D eigenvalue weighted by Gasteiger charge is -2.35. The third-order valence-corrected chi connectivity index (χ3v) is 10.8. The van der Waals surface area contributed by atoms with Crippen LogP contribution in [0.15, 0.2) is 72.8 Å². The minimum absolute atomic E-state index is 0.00672. The van der Waals surface area contributed by atoms with Gasteiger partial charge in [-0.05, 0) is 93.1 Å². The molecule has 6 rings (SSSR count). The number of fused-ring (bicyclic) bond motifs is 2. The van der Waals surface area contributed by atoms with Crippen LogP contribution in [-0.2, 0) is 33.0 Å². The Hall–Kier alpha value is -5.15. The third kappa shape index (κ3) is 7.99. The number of amides is 3. The number of hydrogen-bond donors (Lipinski definition) is 4. The number of unbranched alkanes of at least 4 members (excludes halogenated alkanes) is 1. The predicted molar refractivity (Wildman–Crippen MR) is 206 cm³/mol. The molecule has 3 aromatic carbocycles. The van der Waals surface area contributed by atoms with Crippen LogP contribution < -0.4 is 19.9 Å². The van der Waals surface area contributed by atoms with Gasteiger partial charge in [-0.2, -0.15) is 0 Å². The first-order valence-corrected chi connectivity index (χ1v) is 18.9. The number of carbonyl (C=O) groups is 3. The SMILES string of the molecule is CCOc1ccc2c(c1)CC(NCCCCO)C(=O)N2c1cccc(CN2C(=O)[C@](O)([C@H](C)/C=C/CC(=O)N3CCC[C@H]3CO)c3cc([N+](=O)[O-])ccc32)c1. The molecule has 3 aliphatic rings. The number of aliphatic hydroxyl groups is 3. The van der Waals surface area contributed by atoms with Gasteiger partial charge in [0.15, 0.2) is 5.60 Å². The highest BCUT2D eigenvalue weighted by Gasteiger charge is 2.53. The second kappa shape index (κ2) is 17.1. The summed E-state index contributed by atoms with van der Waals surface area (Å²) in [7, 11) is 0. The fourth-order valence-electron chi connectivity index (χ4n) is 7.89. The molecule has 1 fully saturated rings. The van der Waals surface area contributed by atoms with Crippen LogP contribution in [0.25, 0.3) is 0 Å². The maximum Gasteiger partial charge on any atom is 0.269 e. The van der Waals surface area contributed by atoms with Crippen molar-refractivity contribution in [1.82, 2.24) is 10.2 Å². The average Bonchev–Trinajstić information content (AvgIpc) is 3.75. The number of hydrogen-bond acceptors (Lipinski definition) is 10. The number of nitro groups is 1. The Labute approximate surface area is 320 Å². The molecule has 292 valence electrons.